The minimum absolute atomic E-state index is 0.233. The van der Waals surface area contributed by atoms with Crippen LogP contribution in [0.25, 0.3) is 0 Å². The van der Waals surface area contributed by atoms with Gasteiger partial charge in [0.2, 0.25) is 0 Å². The van der Waals surface area contributed by atoms with Crippen LogP contribution in [0.4, 0.5) is 0 Å². The molecule has 0 aliphatic carbocycles. The number of aliphatic hydroxyl groups excluding tert-OH is 1. The fourth-order valence-corrected chi connectivity index (χ4v) is 1.97. The van der Waals surface area contributed by atoms with Crippen LogP contribution in [0.3, 0.4) is 0 Å². The standard InChI is InChI=1S/C13H26N2O/c1-11(2)4-7-15-8-5-13(6-9-15)14-10-12(3)16/h4,12-14,16H,5-10H2,1-3H3/t12-/m1/s1. The summed E-state index contributed by atoms with van der Waals surface area (Å²) in [7, 11) is 0. The topological polar surface area (TPSA) is 35.5 Å². The van der Waals surface area contributed by atoms with Gasteiger partial charge in [0.05, 0.1) is 6.10 Å². The lowest BCUT2D eigenvalue weighted by molar-refractivity contribution is 0.167. The molecule has 0 aromatic rings. The zero-order valence-corrected chi connectivity index (χ0v) is 10.9. The van der Waals surface area contributed by atoms with Crippen LogP contribution in [-0.4, -0.2) is 48.3 Å². The van der Waals surface area contributed by atoms with E-state index in [0.717, 1.165) is 13.1 Å². The molecule has 0 saturated carbocycles. The van der Waals surface area contributed by atoms with E-state index in [1.807, 2.05) is 6.92 Å². The molecular formula is C13H26N2O. The van der Waals surface area contributed by atoms with Gasteiger partial charge in [0.1, 0.15) is 0 Å². The van der Waals surface area contributed by atoms with E-state index in [9.17, 15) is 5.11 Å². The molecule has 1 fully saturated rings. The van der Waals surface area contributed by atoms with Crippen LogP contribution in [0.15, 0.2) is 11.6 Å². The molecule has 3 heteroatoms. The van der Waals surface area contributed by atoms with Gasteiger partial charge >= 0.3 is 0 Å². The van der Waals surface area contributed by atoms with Gasteiger partial charge in [-0.2, -0.15) is 0 Å². The second-order valence-electron chi connectivity index (χ2n) is 5.11. The monoisotopic (exact) mass is 226 g/mol. The highest BCUT2D eigenvalue weighted by Crippen LogP contribution is 2.10. The van der Waals surface area contributed by atoms with Gasteiger partial charge in [0, 0.05) is 19.1 Å². The van der Waals surface area contributed by atoms with Crippen LogP contribution in [0.1, 0.15) is 33.6 Å². The van der Waals surface area contributed by atoms with Crippen LogP contribution in [0, 0.1) is 0 Å². The maximum atomic E-state index is 9.20. The fourth-order valence-electron chi connectivity index (χ4n) is 1.97. The van der Waals surface area contributed by atoms with Crippen molar-refractivity contribution in [3.8, 4) is 0 Å². The number of aliphatic hydroxyl groups is 1. The molecule has 0 aromatic heterocycles. The molecule has 1 atom stereocenters. The van der Waals surface area contributed by atoms with Gasteiger partial charge in [-0.05, 0) is 46.7 Å². The first-order valence-electron chi connectivity index (χ1n) is 6.35. The summed E-state index contributed by atoms with van der Waals surface area (Å²) in [4.78, 5) is 2.49. The Morgan fingerprint density at radius 3 is 2.56 bits per heavy atom. The van der Waals surface area contributed by atoms with Crippen molar-refractivity contribution in [2.45, 2.75) is 45.8 Å². The molecule has 0 aromatic carbocycles. The number of nitrogens with zero attached hydrogens (tertiary/aromatic N) is 1. The van der Waals surface area contributed by atoms with Gasteiger partial charge in [-0.1, -0.05) is 11.6 Å². The van der Waals surface area contributed by atoms with E-state index in [4.69, 9.17) is 0 Å². The Bertz CT molecular complexity index is 214. The van der Waals surface area contributed by atoms with Gasteiger partial charge in [-0.3, -0.25) is 4.90 Å². The number of hydrogen-bond donors (Lipinski definition) is 2. The summed E-state index contributed by atoms with van der Waals surface area (Å²) in [5.74, 6) is 0. The Morgan fingerprint density at radius 1 is 1.44 bits per heavy atom. The minimum atomic E-state index is -0.233. The first kappa shape index (κ1) is 13.7. The van der Waals surface area contributed by atoms with E-state index in [1.54, 1.807) is 0 Å². The molecule has 0 spiro atoms. The highest BCUT2D eigenvalue weighted by Gasteiger charge is 2.17. The molecule has 3 nitrogen and oxygen atoms in total. The predicted molar refractivity (Wildman–Crippen MR) is 68.6 cm³/mol. The molecule has 1 aliphatic rings. The Balaban J connectivity index is 2.16. The van der Waals surface area contributed by atoms with Gasteiger partial charge in [-0.15, -0.1) is 0 Å². The number of hydrogen-bond acceptors (Lipinski definition) is 3. The predicted octanol–water partition coefficient (Wildman–Crippen LogP) is 1.39. The molecule has 0 bridgehead atoms. The maximum absolute atomic E-state index is 9.20. The fraction of sp³-hybridized carbons (Fsp3) is 0.846. The molecule has 0 amide bonds. The van der Waals surface area contributed by atoms with Crippen molar-refractivity contribution in [2.24, 2.45) is 0 Å². The molecule has 94 valence electrons. The molecule has 0 unspecified atom stereocenters. The molecular weight excluding hydrogens is 200 g/mol. The van der Waals surface area contributed by atoms with E-state index in [-0.39, 0.29) is 6.10 Å². The largest absolute Gasteiger partial charge is 0.392 e. The van der Waals surface area contributed by atoms with Crippen molar-refractivity contribution < 1.29 is 5.11 Å². The average molecular weight is 226 g/mol. The third-order valence-electron chi connectivity index (χ3n) is 3.05. The molecule has 1 saturated heterocycles. The third kappa shape index (κ3) is 5.64. The van der Waals surface area contributed by atoms with Gasteiger partial charge < -0.3 is 10.4 Å². The highest BCUT2D eigenvalue weighted by molar-refractivity contribution is 4.95. The van der Waals surface area contributed by atoms with Crippen molar-refractivity contribution in [3.05, 3.63) is 11.6 Å². The molecule has 16 heavy (non-hydrogen) atoms. The van der Waals surface area contributed by atoms with E-state index in [2.05, 4.69) is 30.1 Å². The Hall–Kier alpha value is -0.380. The molecule has 1 heterocycles. The molecule has 0 radical (unpaired) electrons. The Kier molecular flexibility index (Phi) is 6.03. The summed E-state index contributed by atoms with van der Waals surface area (Å²) in [5, 5.41) is 12.6. The quantitative estimate of drug-likeness (QED) is 0.695. The van der Waals surface area contributed by atoms with Crippen molar-refractivity contribution in [1.82, 2.24) is 10.2 Å². The van der Waals surface area contributed by atoms with Gasteiger partial charge in [0.15, 0.2) is 0 Å². The number of likely N-dealkylation sites (tertiary alicyclic amines) is 1. The summed E-state index contributed by atoms with van der Waals surface area (Å²) in [6.07, 6.45) is 4.46. The SMILES string of the molecule is CC(C)=CCN1CCC(NC[C@@H](C)O)CC1. The second-order valence-corrected chi connectivity index (χ2v) is 5.11. The zero-order chi connectivity index (χ0) is 12.0. The summed E-state index contributed by atoms with van der Waals surface area (Å²) in [6.45, 7) is 10.3. The van der Waals surface area contributed by atoms with E-state index in [1.165, 1.54) is 31.5 Å². The number of piperidine rings is 1. The number of rotatable bonds is 5. The van der Waals surface area contributed by atoms with Gasteiger partial charge in [0.25, 0.3) is 0 Å². The van der Waals surface area contributed by atoms with Crippen molar-refractivity contribution >= 4 is 0 Å². The molecule has 1 rings (SSSR count). The Morgan fingerprint density at radius 2 is 2.06 bits per heavy atom. The maximum Gasteiger partial charge on any atom is 0.0636 e. The van der Waals surface area contributed by atoms with E-state index in [0.29, 0.717) is 6.04 Å². The zero-order valence-electron chi connectivity index (χ0n) is 10.9. The summed E-state index contributed by atoms with van der Waals surface area (Å²) < 4.78 is 0. The molecule has 1 aliphatic heterocycles. The van der Waals surface area contributed by atoms with Crippen molar-refractivity contribution in [3.63, 3.8) is 0 Å². The Labute approximate surface area is 99.5 Å². The summed E-state index contributed by atoms with van der Waals surface area (Å²) in [6, 6.07) is 0.595. The highest BCUT2D eigenvalue weighted by atomic mass is 16.3. The van der Waals surface area contributed by atoms with E-state index < -0.39 is 0 Å². The normalized spacial score (nSPS) is 20.8. The van der Waals surface area contributed by atoms with Crippen molar-refractivity contribution in [2.75, 3.05) is 26.2 Å². The first-order chi connectivity index (χ1) is 7.58. The number of nitrogens with one attached hydrogen (secondary N) is 1. The van der Waals surface area contributed by atoms with Crippen LogP contribution in [-0.2, 0) is 0 Å². The smallest absolute Gasteiger partial charge is 0.0636 e. The summed E-state index contributed by atoms with van der Waals surface area (Å²) in [5.41, 5.74) is 1.40. The second kappa shape index (κ2) is 7.05. The summed E-state index contributed by atoms with van der Waals surface area (Å²) >= 11 is 0. The van der Waals surface area contributed by atoms with Crippen LogP contribution < -0.4 is 5.32 Å². The minimum Gasteiger partial charge on any atom is -0.392 e. The van der Waals surface area contributed by atoms with Crippen LogP contribution in [0.2, 0.25) is 0 Å². The van der Waals surface area contributed by atoms with Crippen LogP contribution >= 0.6 is 0 Å². The van der Waals surface area contributed by atoms with E-state index >= 15 is 0 Å². The van der Waals surface area contributed by atoms with Crippen LogP contribution in [0.5, 0.6) is 0 Å². The number of allylic oxidation sites excluding steroid dienone is 1. The lowest BCUT2D eigenvalue weighted by Gasteiger charge is -2.32. The lowest BCUT2D eigenvalue weighted by atomic mass is 10.0. The molecule has 2 N–H and O–H groups in total. The first-order valence-corrected chi connectivity index (χ1v) is 6.35. The van der Waals surface area contributed by atoms with Gasteiger partial charge in [-0.25, -0.2) is 0 Å². The average Bonchev–Trinajstić information content (AvgIpc) is 2.25. The van der Waals surface area contributed by atoms with Crippen molar-refractivity contribution in [1.29, 1.82) is 0 Å². The lowest BCUT2D eigenvalue weighted by Crippen LogP contribution is -2.44. The third-order valence-corrected chi connectivity index (χ3v) is 3.05.